The molecule has 0 saturated heterocycles. The highest BCUT2D eigenvalue weighted by Gasteiger charge is 2.33. The lowest BCUT2D eigenvalue weighted by Gasteiger charge is -2.20. The van der Waals surface area contributed by atoms with Crippen LogP contribution in [0.5, 0.6) is 0 Å². The van der Waals surface area contributed by atoms with Gasteiger partial charge in [0.2, 0.25) is 5.91 Å². The third-order valence-corrected chi connectivity index (χ3v) is 5.50. The van der Waals surface area contributed by atoms with E-state index in [1.165, 1.54) is 11.3 Å². The predicted molar refractivity (Wildman–Crippen MR) is 93.4 cm³/mol. The van der Waals surface area contributed by atoms with Crippen molar-refractivity contribution in [3.05, 3.63) is 46.5 Å². The van der Waals surface area contributed by atoms with Crippen LogP contribution in [-0.4, -0.2) is 22.8 Å². The molecule has 5 nitrogen and oxygen atoms in total. The maximum Gasteiger partial charge on any atom is 0.257 e. The molecular formula is C18H19N3O2S. The van der Waals surface area contributed by atoms with Gasteiger partial charge in [0.05, 0.1) is 11.6 Å². The third kappa shape index (κ3) is 3.19. The van der Waals surface area contributed by atoms with Crippen molar-refractivity contribution in [2.75, 3.05) is 5.32 Å². The van der Waals surface area contributed by atoms with Crippen LogP contribution in [-0.2, 0) is 11.2 Å². The standard InChI is InChI=1S/C18H19N3O2S/c22-16(11-5-2-1-3-6-11)21-18-20-15-13(7-4-8-14(15)24-18)17(23)19-12-9-10-12/h1-3,5-6,12-13H,4,7-10H2,(H,19,23)(H,20,21,22)/t13-/m1/s1. The van der Waals surface area contributed by atoms with E-state index in [-0.39, 0.29) is 17.7 Å². The van der Waals surface area contributed by atoms with Gasteiger partial charge >= 0.3 is 0 Å². The first kappa shape index (κ1) is 15.3. The molecule has 24 heavy (non-hydrogen) atoms. The van der Waals surface area contributed by atoms with Crippen molar-refractivity contribution in [1.29, 1.82) is 0 Å². The fourth-order valence-electron chi connectivity index (χ4n) is 3.02. The maximum atomic E-state index is 12.4. The molecule has 1 atom stereocenters. The van der Waals surface area contributed by atoms with E-state index in [9.17, 15) is 9.59 Å². The molecule has 2 amide bonds. The van der Waals surface area contributed by atoms with Gasteiger partial charge in [-0.1, -0.05) is 18.2 Å². The van der Waals surface area contributed by atoms with Crippen LogP contribution in [0.3, 0.4) is 0 Å². The Hall–Kier alpha value is -2.21. The summed E-state index contributed by atoms with van der Waals surface area (Å²) in [7, 11) is 0. The van der Waals surface area contributed by atoms with Crippen molar-refractivity contribution in [2.24, 2.45) is 0 Å². The molecule has 124 valence electrons. The smallest absolute Gasteiger partial charge is 0.257 e. The van der Waals surface area contributed by atoms with Crippen LogP contribution in [0.1, 0.15) is 52.5 Å². The highest BCUT2D eigenvalue weighted by molar-refractivity contribution is 7.15. The molecule has 0 radical (unpaired) electrons. The number of fused-ring (bicyclic) bond motifs is 1. The molecule has 6 heteroatoms. The molecule has 0 spiro atoms. The van der Waals surface area contributed by atoms with Gasteiger partial charge < -0.3 is 5.32 Å². The maximum absolute atomic E-state index is 12.4. The van der Waals surface area contributed by atoms with Crippen LogP contribution in [0.2, 0.25) is 0 Å². The Labute approximate surface area is 144 Å². The number of thiazole rings is 1. The molecule has 2 aromatic rings. The molecule has 4 rings (SSSR count). The van der Waals surface area contributed by atoms with Gasteiger partial charge in [0.15, 0.2) is 5.13 Å². The quantitative estimate of drug-likeness (QED) is 0.898. The molecule has 1 saturated carbocycles. The van der Waals surface area contributed by atoms with Crippen molar-refractivity contribution in [3.63, 3.8) is 0 Å². The molecule has 1 aromatic heterocycles. The summed E-state index contributed by atoms with van der Waals surface area (Å²) in [6, 6.07) is 9.45. The Bertz CT molecular complexity index is 768. The minimum absolute atomic E-state index is 0.0877. The summed E-state index contributed by atoms with van der Waals surface area (Å²) in [5.74, 6) is -0.252. The molecule has 0 aliphatic heterocycles. The summed E-state index contributed by atoms with van der Waals surface area (Å²) in [5.41, 5.74) is 1.46. The number of nitrogens with one attached hydrogen (secondary N) is 2. The summed E-state index contributed by atoms with van der Waals surface area (Å²) < 4.78 is 0. The van der Waals surface area contributed by atoms with Gasteiger partial charge in [-0.15, -0.1) is 11.3 Å². The van der Waals surface area contributed by atoms with Gasteiger partial charge in [-0.3, -0.25) is 14.9 Å². The van der Waals surface area contributed by atoms with E-state index in [1.54, 1.807) is 12.1 Å². The van der Waals surface area contributed by atoms with Gasteiger partial charge in [0.1, 0.15) is 0 Å². The summed E-state index contributed by atoms with van der Waals surface area (Å²) in [6.07, 6.45) is 4.92. The lowest BCUT2D eigenvalue weighted by atomic mass is 9.90. The zero-order valence-corrected chi connectivity index (χ0v) is 14.1. The summed E-state index contributed by atoms with van der Waals surface area (Å²) in [5, 5.41) is 6.53. The number of nitrogens with zero attached hydrogens (tertiary/aromatic N) is 1. The summed E-state index contributed by atoms with van der Waals surface area (Å²) in [4.78, 5) is 30.4. The molecule has 2 N–H and O–H groups in total. The molecular weight excluding hydrogens is 322 g/mol. The lowest BCUT2D eigenvalue weighted by Crippen LogP contribution is -2.32. The average molecular weight is 341 g/mol. The largest absolute Gasteiger partial charge is 0.353 e. The van der Waals surface area contributed by atoms with Gasteiger partial charge in [0.25, 0.3) is 5.91 Å². The molecule has 1 aromatic carbocycles. The summed E-state index contributed by atoms with van der Waals surface area (Å²) >= 11 is 1.49. The molecule has 2 aliphatic carbocycles. The van der Waals surface area contributed by atoms with Crippen molar-refractivity contribution >= 4 is 28.3 Å². The van der Waals surface area contributed by atoms with Gasteiger partial charge in [-0.05, 0) is 44.2 Å². The highest BCUT2D eigenvalue weighted by Crippen LogP contribution is 2.37. The normalized spacial score (nSPS) is 19.4. The Kier molecular flexibility index (Phi) is 4.06. The van der Waals surface area contributed by atoms with E-state index >= 15 is 0 Å². The monoisotopic (exact) mass is 341 g/mol. The van der Waals surface area contributed by atoms with E-state index < -0.39 is 0 Å². The number of hydrogen-bond donors (Lipinski definition) is 2. The highest BCUT2D eigenvalue weighted by atomic mass is 32.1. The first-order chi connectivity index (χ1) is 11.7. The van der Waals surface area contributed by atoms with Crippen molar-refractivity contribution in [1.82, 2.24) is 10.3 Å². The van der Waals surface area contributed by atoms with E-state index in [0.29, 0.717) is 16.7 Å². The molecule has 1 fully saturated rings. The average Bonchev–Trinajstić information content (AvgIpc) is 3.31. The number of benzene rings is 1. The molecule has 0 unspecified atom stereocenters. The predicted octanol–water partition coefficient (Wildman–Crippen LogP) is 3.09. The number of aryl methyl sites for hydroxylation is 1. The minimum Gasteiger partial charge on any atom is -0.353 e. The van der Waals surface area contributed by atoms with Crippen LogP contribution in [0.4, 0.5) is 5.13 Å². The molecule has 1 heterocycles. The van der Waals surface area contributed by atoms with Crippen LogP contribution in [0.25, 0.3) is 0 Å². The summed E-state index contributed by atoms with van der Waals surface area (Å²) in [6.45, 7) is 0. The van der Waals surface area contributed by atoms with Gasteiger partial charge in [-0.25, -0.2) is 4.98 Å². The van der Waals surface area contributed by atoms with E-state index in [4.69, 9.17) is 0 Å². The number of carbonyl (C=O) groups is 2. The topological polar surface area (TPSA) is 71.1 Å². The van der Waals surface area contributed by atoms with E-state index in [0.717, 1.165) is 42.7 Å². The Morgan fingerprint density at radius 3 is 2.67 bits per heavy atom. The Morgan fingerprint density at radius 2 is 1.92 bits per heavy atom. The number of hydrogen-bond acceptors (Lipinski definition) is 4. The van der Waals surface area contributed by atoms with E-state index in [2.05, 4.69) is 15.6 Å². The third-order valence-electron chi connectivity index (χ3n) is 4.45. The SMILES string of the molecule is O=C(Nc1nc2c(s1)CCC[C@H]2C(=O)NC1CC1)c1ccccc1. The zero-order chi connectivity index (χ0) is 16.5. The minimum atomic E-state index is -0.173. The first-order valence-corrected chi connectivity index (χ1v) is 9.19. The van der Waals surface area contributed by atoms with Crippen molar-refractivity contribution < 1.29 is 9.59 Å². The fourth-order valence-corrected chi connectivity index (χ4v) is 4.08. The molecule has 2 aliphatic rings. The second kappa shape index (κ2) is 6.36. The van der Waals surface area contributed by atoms with Gasteiger partial charge in [-0.2, -0.15) is 0 Å². The second-order valence-corrected chi connectivity index (χ2v) is 7.46. The van der Waals surface area contributed by atoms with Crippen LogP contribution in [0, 0.1) is 0 Å². The van der Waals surface area contributed by atoms with E-state index in [1.807, 2.05) is 18.2 Å². The van der Waals surface area contributed by atoms with Gasteiger partial charge in [0, 0.05) is 16.5 Å². The Balaban J connectivity index is 1.51. The number of amides is 2. The van der Waals surface area contributed by atoms with Crippen molar-refractivity contribution in [2.45, 2.75) is 44.1 Å². The first-order valence-electron chi connectivity index (χ1n) is 8.37. The van der Waals surface area contributed by atoms with Crippen LogP contribution in [0.15, 0.2) is 30.3 Å². The number of anilines is 1. The van der Waals surface area contributed by atoms with Crippen LogP contribution < -0.4 is 10.6 Å². The van der Waals surface area contributed by atoms with Crippen LogP contribution >= 0.6 is 11.3 Å². The zero-order valence-electron chi connectivity index (χ0n) is 13.2. The number of carbonyl (C=O) groups excluding carboxylic acids is 2. The van der Waals surface area contributed by atoms with Crippen molar-refractivity contribution in [3.8, 4) is 0 Å². The lowest BCUT2D eigenvalue weighted by molar-refractivity contribution is -0.123. The second-order valence-electron chi connectivity index (χ2n) is 6.38. The Morgan fingerprint density at radius 1 is 1.12 bits per heavy atom. The number of aromatic nitrogens is 1. The number of rotatable bonds is 4. The molecule has 0 bridgehead atoms. The fraction of sp³-hybridized carbons (Fsp3) is 0.389.